The van der Waals surface area contributed by atoms with Crippen LogP contribution in [-0.2, 0) is 6.18 Å². The van der Waals surface area contributed by atoms with Crippen LogP contribution in [0.3, 0.4) is 0 Å². The summed E-state index contributed by atoms with van der Waals surface area (Å²) in [6.45, 7) is 0. The Balaban J connectivity index is 2.44. The number of nitro benzene ring substituents is 1. The molecule has 1 heterocycles. The molecule has 0 aliphatic heterocycles. The van der Waals surface area contributed by atoms with E-state index in [2.05, 4.69) is 0 Å². The number of nitrogens with zero attached hydrogens (tertiary/aromatic N) is 1. The van der Waals surface area contributed by atoms with Gasteiger partial charge in [-0.2, -0.15) is 13.2 Å². The van der Waals surface area contributed by atoms with Gasteiger partial charge in [0.1, 0.15) is 10.6 Å². The molecule has 0 aliphatic rings. The average Bonchev–Trinajstić information content (AvgIpc) is 2.84. The van der Waals surface area contributed by atoms with Crippen molar-refractivity contribution in [3.8, 4) is 11.5 Å². The Bertz CT molecular complexity index is 696. The van der Waals surface area contributed by atoms with Gasteiger partial charge in [0, 0.05) is 6.07 Å². The summed E-state index contributed by atoms with van der Waals surface area (Å²) in [5.41, 5.74) is -1.98. The second-order valence-corrected chi connectivity index (χ2v) is 4.75. The number of hydrogen-bond acceptors (Lipinski definition) is 5. The first-order valence-electron chi connectivity index (χ1n) is 5.39. The van der Waals surface area contributed by atoms with Gasteiger partial charge in [0.15, 0.2) is 6.29 Å². The Kier molecular flexibility index (Phi) is 3.94. The summed E-state index contributed by atoms with van der Waals surface area (Å²) in [6, 6.07) is 3.32. The van der Waals surface area contributed by atoms with Crippen LogP contribution in [0.25, 0.3) is 0 Å². The molecule has 0 saturated heterocycles. The summed E-state index contributed by atoms with van der Waals surface area (Å²) in [7, 11) is 0. The van der Waals surface area contributed by atoms with Crippen LogP contribution >= 0.6 is 11.3 Å². The van der Waals surface area contributed by atoms with E-state index in [1.807, 2.05) is 0 Å². The molecule has 0 fully saturated rings. The minimum Gasteiger partial charge on any atom is -0.448 e. The zero-order valence-electron chi connectivity index (χ0n) is 10.1. The number of aldehydes is 1. The van der Waals surface area contributed by atoms with E-state index in [1.165, 1.54) is 11.4 Å². The molecule has 2 aromatic rings. The molecule has 9 heteroatoms. The third kappa shape index (κ3) is 3.19. The van der Waals surface area contributed by atoms with Crippen molar-refractivity contribution in [2.45, 2.75) is 6.18 Å². The molecule has 0 radical (unpaired) electrons. The first kappa shape index (κ1) is 15.0. The van der Waals surface area contributed by atoms with E-state index in [4.69, 9.17) is 4.74 Å². The minimum absolute atomic E-state index is 0.0536. The van der Waals surface area contributed by atoms with Crippen LogP contribution in [0.1, 0.15) is 15.2 Å². The van der Waals surface area contributed by atoms with Gasteiger partial charge in [-0.3, -0.25) is 14.9 Å². The quantitative estimate of drug-likeness (QED) is 0.479. The maximum Gasteiger partial charge on any atom is 0.416 e. The maximum absolute atomic E-state index is 12.6. The van der Waals surface area contributed by atoms with E-state index in [0.717, 1.165) is 17.4 Å². The number of benzene rings is 1. The highest BCUT2D eigenvalue weighted by Crippen LogP contribution is 2.38. The molecule has 0 amide bonds. The number of ether oxygens (including phenoxy) is 1. The van der Waals surface area contributed by atoms with Crippen molar-refractivity contribution in [2.75, 3.05) is 0 Å². The molecule has 2 rings (SSSR count). The van der Waals surface area contributed by atoms with Crippen molar-refractivity contribution in [1.82, 2.24) is 0 Å². The number of carbonyl (C=O) groups excluding carboxylic acids is 1. The van der Waals surface area contributed by atoms with E-state index in [0.29, 0.717) is 18.4 Å². The van der Waals surface area contributed by atoms with Crippen LogP contribution in [0.5, 0.6) is 11.5 Å². The first-order chi connectivity index (χ1) is 9.82. The predicted octanol–water partition coefficient (Wildman–Crippen LogP) is 4.28. The molecule has 1 aromatic heterocycles. The lowest BCUT2D eigenvalue weighted by Crippen LogP contribution is -2.06. The van der Waals surface area contributed by atoms with Crippen molar-refractivity contribution in [2.24, 2.45) is 0 Å². The number of nitro groups is 1. The first-order valence-corrected chi connectivity index (χ1v) is 6.27. The molecule has 1 aromatic carbocycles. The Labute approximate surface area is 119 Å². The Morgan fingerprint density at radius 1 is 1.24 bits per heavy atom. The largest absolute Gasteiger partial charge is 0.448 e. The standard InChI is InChI=1S/C12H6F3NO4S/c13-12(14,15)7-1-2-9(8(5-7)16(18)19)20-10-3-4-21-11(10)6-17/h1-6H. The topological polar surface area (TPSA) is 69.4 Å². The smallest absolute Gasteiger partial charge is 0.416 e. The number of hydrogen-bond donors (Lipinski definition) is 0. The summed E-state index contributed by atoms with van der Waals surface area (Å²) in [5, 5.41) is 12.4. The van der Waals surface area contributed by atoms with Crippen LogP contribution in [0, 0.1) is 10.1 Å². The van der Waals surface area contributed by atoms with E-state index in [-0.39, 0.29) is 16.4 Å². The molecule has 110 valence electrons. The highest BCUT2D eigenvalue weighted by Gasteiger charge is 2.33. The molecule has 0 spiro atoms. The lowest BCUT2D eigenvalue weighted by Gasteiger charge is -2.09. The van der Waals surface area contributed by atoms with Gasteiger partial charge in [0.2, 0.25) is 5.75 Å². The summed E-state index contributed by atoms with van der Waals surface area (Å²) >= 11 is 1.05. The van der Waals surface area contributed by atoms with Crippen molar-refractivity contribution in [1.29, 1.82) is 0 Å². The summed E-state index contributed by atoms with van der Waals surface area (Å²) in [5.74, 6) is -0.313. The molecule has 0 saturated carbocycles. The number of alkyl halides is 3. The highest BCUT2D eigenvalue weighted by molar-refractivity contribution is 7.12. The molecule has 21 heavy (non-hydrogen) atoms. The lowest BCUT2D eigenvalue weighted by atomic mass is 10.2. The van der Waals surface area contributed by atoms with E-state index in [1.54, 1.807) is 0 Å². The monoisotopic (exact) mass is 317 g/mol. The van der Waals surface area contributed by atoms with Crippen LogP contribution in [0.15, 0.2) is 29.6 Å². The SMILES string of the molecule is O=Cc1sccc1Oc1ccc(C(F)(F)F)cc1[N+](=O)[O-]. The van der Waals surface area contributed by atoms with E-state index in [9.17, 15) is 28.1 Å². The van der Waals surface area contributed by atoms with Gasteiger partial charge in [-0.1, -0.05) is 0 Å². The number of rotatable bonds is 4. The highest BCUT2D eigenvalue weighted by atomic mass is 32.1. The fraction of sp³-hybridized carbons (Fsp3) is 0.0833. The molecule has 0 aliphatic carbocycles. The average molecular weight is 317 g/mol. The second-order valence-electron chi connectivity index (χ2n) is 3.81. The molecular formula is C12H6F3NO4S. The third-order valence-electron chi connectivity index (χ3n) is 2.47. The second kappa shape index (κ2) is 5.52. The summed E-state index contributed by atoms with van der Waals surface area (Å²) in [6.07, 6.45) is -4.20. The van der Waals surface area contributed by atoms with Gasteiger partial charge in [-0.15, -0.1) is 11.3 Å². The van der Waals surface area contributed by atoms with Gasteiger partial charge < -0.3 is 4.74 Å². The van der Waals surface area contributed by atoms with E-state index >= 15 is 0 Å². The molecule has 0 atom stereocenters. The third-order valence-corrected chi connectivity index (χ3v) is 3.29. The lowest BCUT2D eigenvalue weighted by molar-refractivity contribution is -0.385. The zero-order valence-corrected chi connectivity index (χ0v) is 10.9. The molecule has 0 unspecified atom stereocenters. The Hall–Kier alpha value is -2.42. The minimum atomic E-state index is -4.69. The van der Waals surface area contributed by atoms with Crippen LogP contribution in [-0.4, -0.2) is 11.2 Å². The summed E-state index contributed by atoms with van der Waals surface area (Å²) in [4.78, 5) is 20.8. The zero-order chi connectivity index (χ0) is 15.6. The molecular weight excluding hydrogens is 311 g/mol. The van der Waals surface area contributed by atoms with Crippen LogP contribution < -0.4 is 4.74 Å². The van der Waals surface area contributed by atoms with Gasteiger partial charge in [-0.25, -0.2) is 0 Å². The van der Waals surface area contributed by atoms with Crippen molar-refractivity contribution >= 4 is 23.3 Å². The number of carbonyl (C=O) groups is 1. The number of thiophene rings is 1. The predicted molar refractivity (Wildman–Crippen MR) is 67.9 cm³/mol. The van der Waals surface area contributed by atoms with Gasteiger partial charge in [-0.05, 0) is 23.6 Å². The van der Waals surface area contributed by atoms with Gasteiger partial charge in [0.25, 0.3) is 0 Å². The fourth-order valence-corrected chi connectivity index (χ4v) is 2.14. The molecule has 5 nitrogen and oxygen atoms in total. The van der Waals surface area contributed by atoms with Crippen molar-refractivity contribution < 1.29 is 27.6 Å². The van der Waals surface area contributed by atoms with Crippen LogP contribution in [0.2, 0.25) is 0 Å². The summed E-state index contributed by atoms with van der Waals surface area (Å²) < 4.78 is 42.8. The molecule has 0 bridgehead atoms. The maximum atomic E-state index is 12.6. The van der Waals surface area contributed by atoms with Gasteiger partial charge in [0.05, 0.1) is 10.5 Å². The van der Waals surface area contributed by atoms with Crippen molar-refractivity contribution in [3.05, 3.63) is 50.2 Å². The normalized spacial score (nSPS) is 11.2. The van der Waals surface area contributed by atoms with Crippen molar-refractivity contribution in [3.63, 3.8) is 0 Å². The number of halogens is 3. The fourth-order valence-electron chi connectivity index (χ4n) is 1.52. The van der Waals surface area contributed by atoms with Gasteiger partial charge >= 0.3 is 11.9 Å². The Morgan fingerprint density at radius 3 is 2.52 bits per heavy atom. The molecule has 0 N–H and O–H groups in total. The Morgan fingerprint density at radius 2 is 1.95 bits per heavy atom. The van der Waals surface area contributed by atoms with Crippen LogP contribution in [0.4, 0.5) is 18.9 Å². The van der Waals surface area contributed by atoms with E-state index < -0.39 is 22.4 Å².